The maximum atomic E-state index is 12.3. The number of nitrogens with zero attached hydrogens (tertiary/aromatic N) is 2. The van der Waals surface area contributed by atoms with Crippen LogP contribution in [0.3, 0.4) is 0 Å². The van der Waals surface area contributed by atoms with Crippen LogP contribution in [0, 0.1) is 0 Å². The molecule has 0 spiro atoms. The van der Waals surface area contributed by atoms with E-state index in [4.69, 9.17) is 16.6 Å². The van der Waals surface area contributed by atoms with E-state index in [9.17, 15) is 8.42 Å². The summed E-state index contributed by atoms with van der Waals surface area (Å²) < 4.78 is 23.7. The van der Waals surface area contributed by atoms with Crippen LogP contribution in [0.1, 0.15) is 31.6 Å². The number of hydrogen-bond donors (Lipinski definition) is 1. The van der Waals surface area contributed by atoms with Gasteiger partial charge in [0.1, 0.15) is 0 Å². The first kappa shape index (κ1) is 21.4. The van der Waals surface area contributed by atoms with Gasteiger partial charge in [-0.3, -0.25) is 4.99 Å². The number of guanidine groups is 1. The molecular weight excluding hydrogens is 390 g/mol. The van der Waals surface area contributed by atoms with E-state index in [-0.39, 0.29) is 11.0 Å². The molecule has 1 heterocycles. The minimum Gasteiger partial charge on any atom is -0.357 e. The van der Waals surface area contributed by atoms with Gasteiger partial charge in [-0.25, -0.2) is 8.42 Å². The standard InChI is InChI=1S/C18H28ClN3O2S2/c1-5-20-17(22-9-10-26(23,24)18(2,3)13-22)21-12-16(25-4)14-7-6-8-15(19)11-14/h6-8,11,16H,5,9-10,12-13H2,1-4H3,(H,20,21). The lowest BCUT2D eigenvalue weighted by atomic mass is 10.1. The van der Waals surface area contributed by atoms with E-state index < -0.39 is 14.6 Å². The summed E-state index contributed by atoms with van der Waals surface area (Å²) in [6, 6.07) is 7.85. The van der Waals surface area contributed by atoms with Crippen LogP contribution in [0.15, 0.2) is 29.3 Å². The molecule has 146 valence electrons. The number of hydrogen-bond acceptors (Lipinski definition) is 4. The van der Waals surface area contributed by atoms with Crippen LogP contribution in [0.25, 0.3) is 0 Å². The quantitative estimate of drug-likeness (QED) is 0.588. The Labute approximate surface area is 166 Å². The molecule has 0 aliphatic carbocycles. The zero-order chi connectivity index (χ0) is 19.4. The van der Waals surface area contributed by atoms with Crippen molar-refractivity contribution in [1.29, 1.82) is 0 Å². The number of rotatable bonds is 5. The van der Waals surface area contributed by atoms with Gasteiger partial charge in [0.05, 0.1) is 17.0 Å². The molecule has 1 atom stereocenters. The highest BCUT2D eigenvalue weighted by Crippen LogP contribution is 2.29. The molecule has 0 amide bonds. The molecule has 1 unspecified atom stereocenters. The molecule has 5 nitrogen and oxygen atoms in total. The minimum atomic E-state index is -3.07. The van der Waals surface area contributed by atoms with Gasteiger partial charge >= 0.3 is 0 Å². The van der Waals surface area contributed by atoms with Crippen molar-refractivity contribution in [1.82, 2.24) is 10.2 Å². The summed E-state index contributed by atoms with van der Waals surface area (Å²) in [6.45, 7) is 7.85. The van der Waals surface area contributed by atoms with E-state index in [2.05, 4.69) is 22.5 Å². The Morgan fingerprint density at radius 3 is 2.77 bits per heavy atom. The zero-order valence-corrected chi connectivity index (χ0v) is 18.2. The van der Waals surface area contributed by atoms with Crippen LogP contribution in [0.2, 0.25) is 5.02 Å². The van der Waals surface area contributed by atoms with E-state index in [0.717, 1.165) is 23.1 Å². The van der Waals surface area contributed by atoms with Gasteiger partial charge in [-0.05, 0) is 44.7 Å². The van der Waals surface area contributed by atoms with Crippen LogP contribution in [0.4, 0.5) is 0 Å². The highest BCUT2D eigenvalue weighted by atomic mass is 35.5. The Hall–Kier alpha value is -0.920. The fraction of sp³-hybridized carbons (Fsp3) is 0.611. The van der Waals surface area contributed by atoms with Crippen molar-refractivity contribution in [2.75, 3.05) is 38.2 Å². The number of halogens is 1. The van der Waals surface area contributed by atoms with Crippen molar-refractivity contribution in [3.8, 4) is 0 Å². The Balaban J connectivity index is 2.18. The molecule has 2 rings (SSSR count). The first-order valence-corrected chi connectivity index (χ1v) is 12.1. The first-order valence-electron chi connectivity index (χ1n) is 8.74. The fourth-order valence-corrected chi connectivity index (χ4v) is 5.15. The van der Waals surface area contributed by atoms with Crippen LogP contribution in [-0.4, -0.2) is 62.2 Å². The molecule has 1 N–H and O–H groups in total. The summed E-state index contributed by atoms with van der Waals surface area (Å²) in [5.74, 6) is 0.932. The third-order valence-corrected chi connectivity index (χ3v) is 8.35. The second-order valence-corrected chi connectivity index (χ2v) is 11.2. The molecule has 0 aromatic heterocycles. The van der Waals surface area contributed by atoms with Gasteiger partial charge in [0.2, 0.25) is 0 Å². The fourth-order valence-electron chi connectivity index (χ4n) is 2.94. The lowest BCUT2D eigenvalue weighted by molar-refractivity contribution is 0.353. The van der Waals surface area contributed by atoms with Crippen molar-refractivity contribution < 1.29 is 8.42 Å². The number of aliphatic imine (C=N–C) groups is 1. The number of benzene rings is 1. The van der Waals surface area contributed by atoms with E-state index >= 15 is 0 Å². The molecule has 1 aliphatic rings. The number of sulfone groups is 1. The van der Waals surface area contributed by atoms with Crippen molar-refractivity contribution in [3.05, 3.63) is 34.9 Å². The van der Waals surface area contributed by atoms with E-state index in [1.165, 1.54) is 0 Å². The summed E-state index contributed by atoms with van der Waals surface area (Å²) in [5, 5.41) is 4.23. The molecule has 1 aromatic carbocycles. The maximum absolute atomic E-state index is 12.3. The third-order valence-electron chi connectivity index (χ3n) is 4.59. The molecule has 1 aliphatic heterocycles. The molecule has 1 aromatic rings. The van der Waals surface area contributed by atoms with E-state index in [1.807, 2.05) is 25.1 Å². The van der Waals surface area contributed by atoms with Crippen molar-refractivity contribution in [3.63, 3.8) is 0 Å². The van der Waals surface area contributed by atoms with Gasteiger partial charge < -0.3 is 10.2 Å². The Bertz CT molecular complexity index is 751. The van der Waals surface area contributed by atoms with Crippen molar-refractivity contribution >= 4 is 39.2 Å². The van der Waals surface area contributed by atoms with Crippen LogP contribution in [-0.2, 0) is 9.84 Å². The Morgan fingerprint density at radius 1 is 1.46 bits per heavy atom. The summed E-state index contributed by atoms with van der Waals surface area (Å²) in [5.41, 5.74) is 1.14. The monoisotopic (exact) mass is 417 g/mol. The molecule has 0 bridgehead atoms. The Morgan fingerprint density at radius 2 is 2.19 bits per heavy atom. The smallest absolute Gasteiger partial charge is 0.194 e. The first-order chi connectivity index (χ1) is 12.2. The van der Waals surface area contributed by atoms with Gasteiger partial charge in [0, 0.05) is 29.9 Å². The minimum absolute atomic E-state index is 0.157. The van der Waals surface area contributed by atoms with Crippen molar-refractivity contribution in [2.24, 2.45) is 4.99 Å². The molecular formula is C18H28ClN3O2S2. The molecule has 26 heavy (non-hydrogen) atoms. The normalized spacial score (nSPS) is 20.7. The van der Waals surface area contributed by atoms with E-state index in [1.54, 1.807) is 25.6 Å². The van der Waals surface area contributed by atoms with Gasteiger partial charge in [0.25, 0.3) is 0 Å². The van der Waals surface area contributed by atoms with Crippen molar-refractivity contribution in [2.45, 2.75) is 30.8 Å². The average Bonchev–Trinajstić information content (AvgIpc) is 2.57. The topological polar surface area (TPSA) is 61.8 Å². The summed E-state index contributed by atoms with van der Waals surface area (Å²) in [4.78, 5) is 6.86. The lowest BCUT2D eigenvalue weighted by Gasteiger charge is -2.39. The maximum Gasteiger partial charge on any atom is 0.194 e. The lowest BCUT2D eigenvalue weighted by Crippen LogP contribution is -2.57. The van der Waals surface area contributed by atoms with Gasteiger partial charge in [0.15, 0.2) is 15.8 Å². The largest absolute Gasteiger partial charge is 0.357 e. The third kappa shape index (κ3) is 5.08. The highest BCUT2D eigenvalue weighted by Gasteiger charge is 2.41. The zero-order valence-electron chi connectivity index (χ0n) is 15.8. The average molecular weight is 418 g/mol. The second-order valence-electron chi connectivity index (χ2n) is 6.97. The van der Waals surface area contributed by atoms with E-state index in [0.29, 0.717) is 19.6 Å². The molecule has 0 saturated carbocycles. The summed E-state index contributed by atoms with van der Waals surface area (Å²) in [7, 11) is -3.07. The number of thioether (sulfide) groups is 1. The van der Waals surface area contributed by atoms with Crippen LogP contribution < -0.4 is 5.32 Å². The molecule has 0 radical (unpaired) electrons. The van der Waals surface area contributed by atoms with Gasteiger partial charge in [-0.2, -0.15) is 11.8 Å². The van der Waals surface area contributed by atoms with Crippen LogP contribution in [0.5, 0.6) is 0 Å². The predicted octanol–water partition coefficient (Wildman–Crippen LogP) is 3.22. The summed E-state index contributed by atoms with van der Waals surface area (Å²) >= 11 is 7.85. The number of nitrogens with one attached hydrogen (secondary N) is 1. The molecule has 1 saturated heterocycles. The van der Waals surface area contributed by atoms with Gasteiger partial charge in [-0.15, -0.1) is 0 Å². The molecule has 1 fully saturated rings. The molecule has 8 heteroatoms. The second kappa shape index (κ2) is 8.85. The van der Waals surface area contributed by atoms with Crippen LogP contribution >= 0.6 is 23.4 Å². The highest BCUT2D eigenvalue weighted by molar-refractivity contribution is 7.98. The SMILES string of the molecule is CCNC(=NCC(SC)c1cccc(Cl)c1)N1CCS(=O)(=O)C(C)(C)C1. The predicted molar refractivity (Wildman–Crippen MR) is 113 cm³/mol. The Kier molecular flexibility index (Phi) is 7.27. The van der Waals surface area contributed by atoms with Gasteiger partial charge in [-0.1, -0.05) is 23.7 Å². The summed E-state index contributed by atoms with van der Waals surface area (Å²) in [6.07, 6.45) is 2.06.